The van der Waals surface area contributed by atoms with Gasteiger partial charge in [-0.15, -0.1) is 0 Å². The Morgan fingerprint density at radius 2 is 0.890 bits per heavy atom. The number of likely N-dealkylation sites (tertiary alicyclic amines) is 1. The Hall–Kier alpha value is -7.96. The number of piperidine rings is 1. The zero-order valence-electron chi connectivity index (χ0n) is 63.2. The molecule has 2 aliphatic heterocycles. The zero-order valence-corrected chi connectivity index (χ0v) is 63.2. The van der Waals surface area contributed by atoms with Crippen LogP contribution in [0.5, 0.6) is 0 Å². The highest BCUT2D eigenvalue weighted by molar-refractivity contribution is 6.00. The average molecular weight is 1400 g/mol. The first kappa shape index (κ1) is 84.5. The van der Waals surface area contributed by atoms with Gasteiger partial charge in [0.05, 0.1) is 12.5 Å². The van der Waals surface area contributed by atoms with Crippen molar-refractivity contribution in [2.45, 2.75) is 233 Å². The number of hydrogen-bond donors (Lipinski definition) is 5. The van der Waals surface area contributed by atoms with Gasteiger partial charge >= 0.3 is 0 Å². The summed E-state index contributed by atoms with van der Waals surface area (Å²) in [4.78, 5) is 189. The Morgan fingerprint density at radius 3 is 1.37 bits per heavy atom. The molecule has 25 nitrogen and oxygen atoms in total. The molecule has 100 heavy (non-hydrogen) atoms. The van der Waals surface area contributed by atoms with E-state index in [9.17, 15) is 43.5 Å². The average Bonchev–Trinajstić information content (AvgIpc) is 0.808. The van der Waals surface area contributed by atoms with Crippen LogP contribution >= 0.6 is 0 Å². The van der Waals surface area contributed by atoms with E-state index in [0.717, 1.165) is 16.9 Å². The largest absolute Gasteiger partial charge is 0.391 e. The normalized spacial score (nSPS) is 25.5. The Morgan fingerprint density at radius 1 is 0.470 bits per heavy atom. The van der Waals surface area contributed by atoms with Crippen LogP contribution in [0.4, 0.5) is 0 Å². The number of aryl methyl sites for hydroxylation is 1. The predicted molar refractivity (Wildman–Crippen MR) is 384 cm³/mol. The van der Waals surface area contributed by atoms with Gasteiger partial charge in [-0.25, -0.2) is 0 Å². The number of aliphatic hydroxyl groups is 1. The van der Waals surface area contributed by atoms with Crippen molar-refractivity contribution in [3.8, 4) is 0 Å². The molecule has 0 unspecified atom stereocenters. The lowest BCUT2D eigenvalue weighted by Gasteiger charge is -2.38. The molecule has 0 bridgehead atoms. The second kappa shape index (κ2) is 39.9. The van der Waals surface area contributed by atoms with E-state index < -0.39 is 150 Å². The molecule has 0 radical (unpaired) electrons. The number of benzene rings is 2. The van der Waals surface area contributed by atoms with Crippen LogP contribution in [0.3, 0.4) is 0 Å². The molecule has 25 heteroatoms. The summed E-state index contributed by atoms with van der Waals surface area (Å²) in [5.74, 6) is -9.23. The molecule has 0 spiro atoms. The summed E-state index contributed by atoms with van der Waals surface area (Å²) in [6, 6.07) is 5.28. The quantitative estimate of drug-likeness (QED) is 0.144. The van der Waals surface area contributed by atoms with Gasteiger partial charge in [0, 0.05) is 81.8 Å². The van der Waals surface area contributed by atoms with Gasteiger partial charge in [0.2, 0.25) is 70.9 Å². The third-order valence-electron chi connectivity index (χ3n) is 19.7. The van der Waals surface area contributed by atoms with E-state index >= 15 is 19.2 Å². The lowest BCUT2D eigenvalue weighted by atomic mass is 9.94. The van der Waals surface area contributed by atoms with Crippen LogP contribution in [-0.4, -0.2) is 251 Å². The van der Waals surface area contributed by atoms with Crippen LogP contribution in [0, 0.1) is 29.6 Å². The zero-order chi connectivity index (χ0) is 75.2. The van der Waals surface area contributed by atoms with Gasteiger partial charge in [-0.1, -0.05) is 136 Å². The molecule has 0 saturated carbocycles. The molecule has 12 atom stereocenters. The monoisotopic (exact) mass is 1400 g/mol. The number of amides is 12. The summed E-state index contributed by atoms with van der Waals surface area (Å²) >= 11 is 0. The van der Waals surface area contributed by atoms with E-state index in [1.165, 1.54) is 92.6 Å². The van der Waals surface area contributed by atoms with Crippen molar-refractivity contribution in [1.82, 2.24) is 60.5 Å². The second-order valence-electron chi connectivity index (χ2n) is 29.6. The van der Waals surface area contributed by atoms with Crippen molar-refractivity contribution in [3.63, 3.8) is 0 Å². The van der Waals surface area contributed by atoms with E-state index in [-0.39, 0.29) is 81.6 Å². The molecule has 0 aliphatic carbocycles. The fourth-order valence-electron chi connectivity index (χ4n) is 12.9. The molecule has 558 valence electrons. The van der Waals surface area contributed by atoms with Gasteiger partial charge in [-0.2, -0.15) is 0 Å². The first-order valence-electron chi connectivity index (χ1n) is 36.0. The van der Waals surface area contributed by atoms with Gasteiger partial charge in [-0.3, -0.25) is 57.5 Å². The van der Waals surface area contributed by atoms with Crippen LogP contribution in [0.25, 0.3) is 0 Å². The number of rotatable bonds is 17. The van der Waals surface area contributed by atoms with Gasteiger partial charge in [0.1, 0.15) is 60.4 Å². The van der Waals surface area contributed by atoms with Gasteiger partial charge < -0.3 is 65.6 Å². The fraction of sp³-hybridized carbons (Fsp3) is 0.680. The van der Waals surface area contributed by atoms with E-state index in [4.69, 9.17) is 0 Å². The first-order chi connectivity index (χ1) is 46.9. The van der Waals surface area contributed by atoms with Gasteiger partial charge in [0.15, 0.2) is 0 Å². The van der Waals surface area contributed by atoms with E-state index in [0.29, 0.717) is 37.9 Å². The van der Waals surface area contributed by atoms with Crippen molar-refractivity contribution in [1.29, 1.82) is 0 Å². The van der Waals surface area contributed by atoms with Crippen LogP contribution < -0.4 is 21.3 Å². The molecule has 12 amide bonds. The Balaban J connectivity index is 1.95. The molecular formula is C75H120N12O13. The lowest BCUT2D eigenvalue weighted by molar-refractivity contribution is -0.151. The topological polar surface area (TPSA) is 299 Å². The number of likely N-dealkylation sites (N-methyl/N-ethyl adjacent to an activating group) is 6. The molecule has 2 heterocycles. The number of aliphatic hydroxyl groups excluding tert-OH is 1. The number of nitrogens with zero attached hydrogens (tertiary/aromatic N) is 8. The van der Waals surface area contributed by atoms with E-state index in [2.05, 4.69) is 21.3 Å². The van der Waals surface area contributed by atoms with Crippen molar-refractivity contribution in [2.24, 2.45) is 29.6 Å². The third kappa shape index (κ3) is 24.1. The van der Waals surface area contributed by atoms with Crippen molar-refractivity contribution >= 4 is 70.9 Å². The highest BCUT2D eigenvalue weighted by Crippen LogP contribution is 2.24. The lowest BCUT2D eigenvalue weighted by Crippen LogP contribution is -2.62. The number of nitrogens with one attached hydrogen (secondary N) is 4. The highest BCUT2D eigenvalue weighted by atomic mass is 16.3. The number of carbonyl (C=O) groups is 12. The number of hydrogen-bond acceptors (Lipinski definition) is 13. The predicted octanol–water partition coefficient (Wildman–Crippen LogP) is 4.66. The Bertz CT molecular complexity index is 3070. The first-order valence-corrected chi connectivity index (χ1v) is 36.0. The van der Waals surface area contributed by atoms with Crippen LogP contribution in [-0.2, 0) is 70.4 Å². The SMILES string of the molecule is CC[C@H](C)[C@@H]1NC(=O)[C@H](CC(C)C)N(C)C(=O)CCN(C)C(=O)C[C@@H](C(=O)N2CCCCC2)NC(=O)[C@H](CC(C)C)N(C)C(=O)[C@H](C)N(C)C(=O)[C@H]([C@@H](C)O)NC(=O)[C@H](CC(C)C)N(C)C(=O)[C@H](CCc2ccccc2)NC(=O)[C@H](CC(C)C)N(C)C(=O)[C@H](Cc2ccccc2)N(C)C1=O. The summed E-state index contributed by atoms with van der Waals surface area (Å²) in [6.07, 6.45) is 1.12. The summed E-state index contributed by atoms with van der Waals surface area (Å²) in [7, 11) is 10.0. The number of carbonyl (C=O) groups excluding carboxylic acids is 12. The summed E-state index contributed by atoms with van der Waals surface area (Å²) in [6.45, 7) is 21.9. The van der Waals surface area contributed by atoms with Crippen molar-refractivity contribution in [2.75, 3.05) is 69.0 Å². The van der Waals surface area contributed by atoms with E-state index in [1.807, 2.05) is 111 Å². The molecule has 2 aromatic carbocycles. The molecular weight excluding hydrogens is 1280 g/mol. The maximum atomic E-state index is 15.6. The molecule has 5 N–H and O–H groups in total. The van der Waals surface area contributed by atoms with Crippen molar-refractivity contribution < 1.29 is 62.6 Å². The maximum Gasteiger partial charge on any atom is 0.248 e. The van der Waals surface area contributed by atoms with Crippen LogP contribution in [0.2, 0.25) is 0 Å². The fourth-order valence-corrected chi connectivity index (χ4v) is 12.9. The summed E-state index contributed by atoms with van der Waals surface area (Å²) in [5, 5.41) is 22.8. The van der Waals surface area contributed by atoms with Crippen LogP contribution in [0.15, 0.2) is 60.7 Å². The van der Waals surface area contributed by atoms with Crippen molar-refractivity contribution in [3.05, 3.63) is 71.8 Å². The molecule has 2 fully saturated rings. The van der Waals surface area contributed by atoms with Gasteiger partial charge in [0.25, 0.3) is 0 Å². The molecule has 2 aliphatic rings. The standard InChI is InChI=1S/C75H120N12O13/c1-20-50(10)64-74(99)86(19)61(44-54-32-26-22-27-33-54)73(98)85(18)59(42-48(6)7)66(91)76-55(35-34-53-30-24-21-25-31-53)71(96)84(17)60(43-49(8)9)69(94)79-65(52(12)88)75(100)81(14)51(11)70(95)83(16)58(41-47(4)5)67(92)77-56(72(97)87-37-28-23-29-38-87)45-63(90)80(13)39-36-62(89)82(15)57(40-46(2)3)68(93)78-64/h21-22,24-27,30-33,46-52,55-61,64-65,88H,20,23,28-29,34-45H2,1-19H3,(H,76,91)(H,77,92)(H,78,93)(H,79,94)/t50-,51-,52+,55-,56-,57-,58-,59-,60-,61-,64-,65-/m0/s1. The van der Waals surface area contributed by atoms with E-state index in [1.54, 1.807) is 24.0 Å². The van der Waals surface area contributed by atoms with Gasteiger partial charge in [-0.05, 0) is 112 Å². The minimum absolute atomic E-state index is 0.00893. The molecule has 0 aromatic heterocycles. The minimum Gasteiger partial charge on any atom is -0.391 e. The smallest absolute Gasteiger partial charge is 0.248 e. The molecule has 2 aromatic rings. The third-order valence-corrected chi connectivity index (χ3v) is 19.7. The summed E-state index contributed by atoms with van der Waals surface area (Å²) < 4.78 is 0. The molecule has 4 rings (SSSR count). The Kier molecular flexibility index (Phi) is 33.7. The molecule has 2 saturated heterocycles. The highest BCUT2D eigenvalue weighted by Gasteiger charge is 2.44. The minimum atomic E-state index is -1.67. The maximum absolute atomic E-state index is 15.6. The Labute approximate surface area is 594 Å². The second-order valence-corrected chi connectivity index (χ2v) is 29.6. The summed E-state index contributed by atoms with van der Waals surface area (Å²) in [5.41, 5.74) is 1.53. The van der Waals surface area contributed by atoms with Crippen LogP contribution in [0.1, 0.15) is 165 Å².